The second-order valence-electron chi connectivity index (χ2n) is 2.87. The highest BCUT2D eigenvalue weighted by atomic mass is 16.1. The molecule has 0 aliphatic heterocycles. The maximum Gasteiger partial charge on any atom is 0.130 e. The minimum Gasteiger partial charge on any atom is -0.367 e. The lowest BCUT2D eigenvalue weighted by molar-refractivity contribution is -0.109. The van der Waals surface area contributed by atoms with Crippen LogP contribution in [-0.4, -0.2) is 11.3 Å². The number of hydrogen-bond donors (Lipinski definition) is 1. The van der Waals surface area contributed by atoms with E-state index < -0.39 is 0 Å². The Kier molecular flexibility index (Phi) is 0.982. The molecule has 52 valence electrons. The fraction of sp³-hybridized carbons (Fsp3) is 0.375. The van der Waals surface area contributed by atoms with Crippen LogP contribution in [0.3, 0.4) is 0 Å². The van der Waals surface area contributed by atoms with Gasteiger partial charge in [0.15, 0.2) is 0 Å². The van der Waals surface area contributed by atoms with Crippen LogP contribution in [0, 0.1) is 0 Å². The van der Waals surface area contributed by atoms with Crippen LogP contribution in [0.15, 0.2) is 18.5 Å². The first-order chi connectivity index (χ1) is 4.87. The summed E-state index contributed by atoms with van der Waals surface area (Å²) in [6, 6.07) is 1.97. The van der Waals surface area contributed by atoms with Crippen molar-refractivity contribution in [3.05, 3.63) is 24.0 Å². The van der Waals surface area contributed by atoms with Crippen molar-refractivity contribution in [3.8, 4) is 0 Å². The number of carbonyl (C=O) groups is 1. The lowest BCUT2D eigenvalue weighted by Gasteiger charge is -2.00. The normalized spacial score (nSPS) is 20.4. The average Bonchev–Trinajstić information content (AvgIpc) is 2.58. The van der Waals surface area contributed by atoms with Crippen molar-refractivity contribution in [2.24, 2.45) is 0 Å². The molecule has 10 heavy (non-hydrogen) atoms. The minimum atomic E-state index is -0.0972. The summed E-state index contributed by atoms with van der Waals surface area (Å²) in [4.78, 5) is 13.5. The zero-order valence-corrected chi connectivity index (χ0v) is 5.63. The Morgan fingerprint density at radius 2 is 2.40 bits per heavy atom. The first-order valence-corrected chi connectivity index (χ1v) is 3.47. The minimum absolute atomic E-state index is 0.0972. The Morgan fingerprint density at radius 1 is 1.60 bits per heavy atom. The highest BCUT2D eigenvalue weighted by Gasteiger charge is 2.44. The number of aromatic nitrogens is 1. The first kappa shape index (κ1) is 5.71. The quantitative estimate of drug-likeness (QED) is 0.608. The van der Waals surface area contributed by atoms with Gasteiger partial charge < -0.3 is 9.78 Å². The van der Waals surface area contributed by atoms with Gasteiger partial charge in [0.2, 0.25) is 0 Å². The van der Waals surface area contributed by atoms with Crippen molar-refractivity contribution in [1.82, 2.24) is 4.98 Å². The molecular formula is C8H9NO. The number of aldehydes is 1. The highest BCUT2D eigenvalue weighted by Crippen LogP contribution is 2.45. The Hall–Kier alpha value is -1.05. The van der Waals surface area contributed by atoms with Crippen molar-refractivity contribution in [2.75, 3.05) is 0 Å². The van der Waals surface area contributed by atoms with Crippen molar-refractivity contribution >= 4 is 6.29 Å². The molecule has 0 amide bonds. The monoisotopic (exact) mass is 135 g/mol. The molecule has 0 saturated heterocycles. The predicted molar refractivity (Wildman–Crippen MR) is 37.8 cm³/mol. The van der Waals surface area contributed by atoms with Gasteiger partial charge in [0.25, 0.3) is 0 Å². The molecule has 1 fully saturated rings. The van der Waals surface area contributed by atoms with Gasteiger partial charge in [-0.25, -0.2) is 0 Å². The third kappa shape index (κ3) is 0.618. The molecule has 1 saturated carbocycles. The van der Waals surface area contributed by atoms with Crippen LogP contribution in [0.25, 0.3) is 0 Å². The van der Waals surface area contributed by atoms with Crippen LogP contribution >= 0.6 is 0 Å². The highest BCUT2D eigenvalue weighted by molar-refractivity contribution is 5.72. The van der Waals surface area contributed by atoms with Gasteiger partial charge >= 0.3 is 0 Å². The summed E-state index contributed by atoms with van der Waals surface area (Å²) in [5.74, 6) is 0. The third-order valence-electron chi connectivity index (χ3n) is 2.19. The van der Waals surface area contributed by atoms with Crippen molar-refractivity contribution < 1.29 is 4.79 Å². The molecule has 1 aromatic rings. The Bertz CT molecular complexity index is 234. The van der Waals surface area contributed by atoms with E-state index in [1.807, 2.05) is 18.5 Å². The number of rotatable bonds is 2. The summed E-state index contributed by atoms with van der Waals surface area (Å²) in [7, 11) is 0. The van der Waals surface area contributed by atoms with E-state index in [1.165, 1.54) is 0 Å². The smallest absolute Gasteiger partial charge is 0.130 e. The van der Waals surface area contributed by atoms with Crippen LogP contribution in [0.1, 0.15) is 18.4 Å². The molecular weight excluding hydrogens is 126 g/mol. The summed E-state index contributed by atoms with van der Waals surface area (Å²) in [5.41, 5.74) is 1.04. The fourth-order valence-corrected chi connectivity index (χ4v) is 1.24. The topological polar surface area (TPSA) is 32.9 Å². The number of carbonyl (C=O) groups excluding carboxylic acids is 1. The van der Waals surface area contributed by atoms with E-state index in [0.29, 0.717) is 0 Å². The molecule has 2 rings (SSSR count). The van der Waals surface area contributed by atoms with E-state index in [0.717, 1.165) is 24.7 Å². The average molecular weight is 135 g/mol. The van der Waals surface area contributed by atoms with Gasteiger partial charge in [0.1, 0.15) is 6.29 Å². The zero-order valence-electron chi connectivity index (χ0n) is 5.63. The Morgan fingerprint density at radius 3 is 2.80 bits per heavy atom. The fourth-order valence-electron chi connectivity index (χ4n) is 1.24. The van der Waals surface area contributed by atoms with Crippen LogP contribution in [0.2, 0.25) is 0 Å². The molecule has 0 spiro atoms. The van der Waals surface area contributed by atoms with Gasteiger partial charge in [-0.15, -0.1) is 0 Å². The number of H-pyrrole nitrogens is 1. The lowest BCUT2D eigenvalue weighted by atomic mass is 10.0. The van der Waals surface area contributed by atoms with Gasteiger partial charge in [-0.2, -0.15) is 0 Å². The van der Waals surface area contributed by atoms with Crippen molar-refractivity contribution in [1.29, 1.82) is 0 Å². The predicted octanol–water partition coefficient (Wildman–Crippen LogP) is 1.25. The molecule has 1 aromatic heterocycles. The second kappa shape index (κ2) is 1.72. The van der Waals surface area contributed by atoms with Crippen LogP contribution < -0.4 is 0 Å². The second-order valence-corrected chi connectivity index (χ2v) is 2.87. The van der Waals surface area contributed by atoms with E-state index in [1.54, 1.807) is 0 Å². The molecule has 2 nitrogen and oxygen atoms in total. The standard InChI is InChI=1S/C8H9NO/c10-6-8(2-3-8)7-1-4-9-5-7/h1,4-6,9H,2-3H2. The lowest BCUT2D eigenvalue weighted by Crippen LogP contribution is -2.05. The molecule has 1 aliphatic rings. The van der Waals surface area contributed by atoms with Gasteiger partial charge in [-0.1, -0.05) is 0 Å². The van der Waals surface area contributed by atoms with Crippen LogP contribution in [0.5, 0.6) is 0 Å². The molecule has 1 heterocycles. The molecule has 1 N–H and O–H groups in total. The maximum absolute atomic E-state index is 10.6. The van der Waals surface area contributed by atoms with Gasteiger partial charge in [0, 0.05) is 12.4 Å². The molecule has 1 aliphatic carbocycles. The summed E-state index contributed by atoms with van der Waals surface area (Å²) in [6.07, 6.45) is 6.87. The Labute approximate surface area is 59.3 Å². The summed E-state index contributed by atoms with van der Waals surface area (Å²) < 4.78 is 0. The van der Waals surface area contributed by atoms with Crippen LogP contribution in [0.4, 0.5) is 0 Å². The van der Waals surface area contributed by atoms with Gasteiger partial charge in [-0.3, -0.25) is 0 Å². The maximum atomic E-state index is 10.6. The molecule has 0 atom stereocenters. The molecule has 0 unspecified atom stereocenters. The summed E-state index contributed by atoms with van der Waals surface area (Å²) in [6.45, 7) is 0. The zero-order chi connectivity index (χ0) is 7.03. The third-order valence-corrected chi connectivity index (χ3v) is 2.19. The first-order valence-electron chi connectivity index (χ1n) is 3.47. The number of nitrogens with one attached hydrogen (secondary N) is 1. The van der Waals surface area contributed by atoms with E-state index in [4.69, 9.17) is 0 Å². The van der Waals surface area contributed by atoms with Gasteiger partial charge in [0.05, 0.1) is 5.41 Å². The number of aromatic amines is 1. The largest absolute Gasteiger partial charge is 0.367 e. The number of hydrogen-bond acceptors (Lipinski definition) is 1. The Balaban J connectivity index is 2.35. The van der Waals surface area contributed by atoms with Crippen molar-refractivity contribution in [2.45, 2.75) is 18.3 Å². The molecule has 0 aromatic carbocycles. The molecule has 2 heteroatoms. The molecule has 0 bridgehead atoms. The van der Waals surface area contributed by atoms with E-state index >= 15 is 0 Å². The van der Waals surface area contributed by atoms with E-state index in [9.17, 15) is 4.79 Å². The molecule has 0 radical (unpaired) electrons. The SMILES string of the molecule is O=CC1(c2cc[nH]c2)CC1. The summed E-state index contributed by atoms with van der Waals surface area (Å²) >= 11 is 0. The van der Waals surface area contributed by atoms with Crippen LogP contribution in [-0.2, 0) is 10.2 Å². The van der Waals surface area contributed by atoms with Crippen molar-refractivity contribution in [3.63, 3.8) is 0 Å². The van der Waals surface area contributed by atoms with Gasteiger partial charge in [-0.05, 0) is 24.5 Å². The van der Waals surface area contributed by atoms with E-state index in [-0.39, 0.29) is 5.41 Å². The summed E-state index contributed by atoms with van der Waals surface area (Å²) in [5, 5.41) is 0. The van der Waals surface area contributed by atoms with E-state index in [2.05, 4.69) is 4.98 Å².